The van der Waals surface area contributed by atoms with Crippen molar-refractivity contribution < 1.29 is 22.3 Å². The molecule has 150 valence electrons. The number of amides is 1. The van der Waals surface area contributed by atoms with E-state index in [-0.39, 0.29) is 30.6 Å². The number of sulfone groups is 1. The van der Waals surface area contributed by atoms with Crippen LogP contribution in [0.15, 0.2) is 42.5 Å². The second-order valence-corrected chi connectivity index (χ2v) is 9.63. The molecule has 0 radical (unpaired) electrons. The second-order valence-electron chi connectivity index (χ2n) is 6.56. The minimum atomic E-state index is -3.19. The van der Waals surface area contributed by atoms with Gasteiger partial charge in [-0.15, -0.1) is 0 Å². The van der Waals surface area contributed by atoms with Crippen LogP contribution in [0.1, 0.15) is 12.0 Å². The summed E-state index contributed by atoms with van der Waals surface area (Å²) in [5.74, 6) is -0.501. The maximum Gasteiger partial charge on any atom is 0.261 e. The normalized spacial score (nSPS) is 18.0. The van der Waals surface area contributed by atoms with Crippen LogP contribution >= 0.6 is 23.2 Å². The lowest BCUT2D eigenvalue weighted by atomic mass is 10.1. The van der Waals surface area contributed by atoms with Crippen molar-refractivity contribution in [2.24, 2.45) is 0 Å². The number of halogens is 3. The van der Waals surface area contributed by atoms with E-state index in [1.54, 1.807) is 18.2 Å². The molecule has 0 aliphatic carbocycles. The van der Waals surface area contributed by atoms with E-state index in [4.69, 9.17) is 27.9 Å². The van der Waals surface area contributed by atoms with Crippen LogP contribution < -0.4 is 4.74 Å². The summed E-state index contributed by atoms with van der Waals surface area (Å²) >= 11 is 12.1. The largest absolute Gasteiger partial charge is 0.484 e. The molecule has 1 fully saturated rings. The fourth-order valence-corrected chi connectivity index (χ4v) is 5.23. The van der Waals surface area contributed by atoms with Crippen LogP contribution in [-0.2, 0) is 21.2 Å². The van der Waals surface area contributed by atoms with Crippen LogP contribution in [0.5, 0.6) is 5.75 Å². The van der Waals surface area contributed by atoms with E-state index in [9.17, 15) is 17.6 Å². The summed E-state index contributed by atoms with van der Waals surface area (Å²) in [5, 5.41) is 0.861. The average Bonchev–Trinajstić information content (AvgIpc) is 3.00. The van der Waals surface area contributed by atoms with Gasteiger partial charge >= 0.3 is 0 Å². The zero-order valence-corrected chi connectivity index (χ0v) is 17.1. The molecule has 2 aromatic carbocycles. The molecule has 5 nitrogen and oxygen atoms in total. The highest BCUT2D eigenvalue weighted by molar-refractivity contribution is 7.91. The molecule has 0 bridgehead atoms. The minimum Gasteiger partial charge on any atom is -0.484 e. The number of nitrogens with zero attached hydrogens (tertiary/aromatic N) is 1. The molecule has 3 rings (SSSR count). The van der Waals surface area contributed by atoms with Gasteiger partial charge in [0, 0.05) is 22.6 Å². The van der Waals surface area contributed by atoms with Gasteiger partial charge in [-0.05, 0) is 48.4 Å². The second kappa shape index (κ2) is 8.68. The molecule has 9 heteroatoms. The molecule has 0 aromatic heterocycles. The summed E-state index contributed by atoms with van der Waals surface area (Å²) in [6.45, 7) is -0.158. The summed E-state index contributed by atoms with van der Waals surface area (Å²) in [6, 6.07) is 9.78. The number of hydrogen-bond donors (Lipinski definition) is 0. The molecule has 0 spiro atoms. The molecular formula is C19H18Cl2FNO4S. The minimum absolute atomic E-state index is 0.0363. The van der Waals surface area contributed by atoms with Crippen LogP contribution in [0.4, 0.5) is 4.39 Å². The summed E-state index contributed by atoms with van der Waals surface area (Å²) in [4.78, 5) is 14.3. The highest BCUT2D eigenvalue weighted by Gasteiger charge is 2.35. The van der Waals surface area contributed by atoms with Gasteiger partial charge in [0.1, 0.15) is 11.6 Å². The van der Waals surface area contributed by atoms with Gasteiger partial charge in [-0.3, -0.25) is 4.79 Å². The number of hydrogen-bond acceptors (Lipinski definition) is 4. The molecule has 1 atom stereocenters. The third-order valence-corrected chi connectivity index (χ3v) is 6.84. The Hall–Kier alpha value is -1.83. The van der Waals surface area contributed by atoms with E-state index in [0.29, 0.717) is 27.8 Å². The van der Waals surface area contributed by atoms with Crippen LogP contribution in [0.3, 0.4) is 0 Å². The number of ether oxygens (including phenoxy) is 1. The van der Waals surface area contributed by atoms with Crippen molar-refractivity contribution >= 4 is 38.9 Å². The zero-order chi connectivity index (χ0) is 20.3. The van der Waals surface area contributed by atoms with Crippen molar-refractivity contribution in [1.82, 2.24) is 4.90 Å². The Kier molecular flexibility index (Phi) is 6.47. The first-order chi connectivity index (χ1) is 13.2. The van der Waals surface area contributed by atoms with Crippen molar-refractivity contribution in [2.75, 3.05) is 18.1 Å². The molecule has 1 heterocycles. The van der Waals surface area contributed by atoms with Crippen molar-refractivity contribution in [3.63, 3.8) is 0 Å². The third-order valence-electron chi connectivity index (χ3n) is 4.50. The molecule has 1 aliphatic heterocycles. The van der Waals surface area contributed by atoms with Gasteiger partial charge in [0.25, 0.3) is 5.91 Å². The Balaban J connectivity index is 1.76. The van der Waals surface area contributed by atoms with E-state index in [1.807, 2.05) is 0 Å². The molecule has 0 unspecified atom stereocenters. The SMILES string of the molecule is O=C(COc1ccc(F)cc1)N(Cc1ccc(Cl)cc1Cl)[C@@H]1CCS(=O)(=O)C1. The summed E-state index contributed by atoms with van der Waals surface area (Å²) in [7, 11) is -3.19. The van der Waals surface area contributed by atoms with Gasteiger partial charge in [0.2, 0.25) is 0 Å². The smallest absolute Gasteiger partial charge is 0.261 e. The Labute approximate surface area is 172 Å². The van der Waals surface area contributed by atoms with Crippen LogP contribution in [0.2, 0.25) is 10.0 Å². The quantitative estimate of drug-likeness (QED) is 0.679. The number of rotatable bonds is 6. The maximum absolute atomic E-state index is 13.0. The molecule has 1 saturated heterocycles. The standard InChI is InChI=1S/C19H18Cl2FNO4S/c20-14-2-1-13(18(21)9-14)10-23(16-7-8-28(25,26)12-16)19(24)11-27-17-5-3-15(22)4-6-17/h1-6,9,16H,7-8,10-12H2/t16-/m1/s1. The highest BCUT2D eigenvalue weighted by atomic mass is 35.5. The van der Waals surface area contributed by atoms with E-state index >= 15 is 0 Å². The zero-order valence-electron chi connectivity index (χ0n) is 14.8. The van der Waals surface area contributed by atoms with Gasteiger partial charge in [0.15, 0.2) is 16.4 Å². The first-order valence-electron chi connectivity index (χ1n) is 8.56. The Morgan fingerprint density at radius 3 is 2.50 bits per heavy atom. The topological polar surface area (TPSA) is 63.7 Å². The predicted molar refractivity (Wildman–Crippen MR) is 106 cm³/mol. The monoisotopic (exact) mass is 445 g/mol. The predicted octanol–water partition coefficient (Wildman–Crippen LogP) is 3.73. The molecule has 0 saturated carbocycles. The van der Waals surface area contributed by atoms with Crippen molar-refractivity contribution in [3.05, 3.63) is 63.9 Å². The summed E-state index contributed by atoms with van der Waals surface area (Å²) in [6.07, 6.45) is 0.357. The molecular weight excluding hydrogens is 428 g/mol. The van der Waals surface area contributed by atoms with Crippen LogP contribution in [0.25, 0.3) is 0 Å². The average molecular weight is 446 g/mol. The maximum atomic E-state index is 13.0. The summed E-state index contributed by atoms with van der Waals surface area (Å²) in [5.41, 5.74) is 0.658. The molecule has 2 aromatic rings. The van der Waals surface area contributed by atoms with E-state index in [0.717, 1.165) is 0 Å². The number of benzene rings is 2. The Morgan fingerprint density at radius 1 is 1.18 bits per heavy atom. The van der Waals surface area contributed by atoms with Crippen molar-refractivity contribution in [3.8, 4) is 5.75 Å². The molecule has 28 heavy (non-hydrogen) atoms. The van der Waals surface area contributed by atoms with E-state index in [2.05, 4.69) is 0 Å². The Morgan fingerprint density at radius 2 is 1.89 bits per heavy atom. The molecule has 1 amide bonds. The number of carbonyl (C=O) groups excluding carboxylic acids is 1. The van der Waals surface area contributed by atoms with Crippen molar-refractivity contribution in [1.29, 1.82) is 0 Å². The first kappa shape index (κ1) is 20.9. The van der Waals surface area contributed by atoms with E-state index < -0.39 is 21.7 Å². The van der Waals surface area contributed by atoms with Gasteiger partial charge in [-0.1, -0.05) is 29.3 Å². The first-order valence-corrected chi connectivity index (χ1v) is 11.1. The van der Waals surface area contributed by atoms with Crippen molar-refractivity contribution in [2.45, 2.75) is 19.0 Å². The van der Waals surface area contributed by atoms with Crippen LogP contribution in [-0.4, -0.2) is 43.4 Å². The Bertz CT molecular complexity index is 966. The lowest BCUT2D eigenvalue weighted by Gasteiger charge is -2.29. The summed E-state index contributed by atoms with van der Waals surface area (Å²) < 4.78 is 42.2. The fourth-order valence-electron chi connectivity index (χ4n) is 3.03. The van der Waals surface area contributed by atoms with Crippen LogP contribution in [0, 0.1) is 5.82 Å². The van der Waals surface area contributed by atoms with E-state index in [1.165, 1.54) is 29.2 Å². The number of carbonyl (C=O) groups is 1. The van der Waals surface area contributed by atoms with Gasteiger partial charge in [0.05, 0.1) is 11.5 Å². The van der Waals surface area contributed by atoms with Gasteiger partial charge in [-0.2, -0.15) is 0 Å². The molecule has 0 N–H and O–H groups in total. The third kappa shape index (κ3) is 5.37. The molecule has 1 aliphatic rings. The highest BCUT2D eigenvalue weighted by Crippen LogP contribution is 2.26. The van der Waals surface area contributed by atoms with Gasteiger partial charge in [-0.25, -0.2) is 12.8 Å². The van der Waals surface area contributed by atoms with Gasteiger partial charge < -0.3 is 9.64 Å². The lowest BCUT2D eigenvalue weighted by Crippen LogP contribution is -2.43. The lowest BCUT2D eigenvalue weighted by molar-refractivity contribution is -0.136. The fraction of sp³-hybridized carbons (Fsp3) is 0.316.